The molecule has 4 rings (SSSR count). The van der Waals surface area contributed by atoms with Gasteiger partial charge in [0, 0.05) is 23.4 Å². The van der Waals surface area contributed by atoms with E-state index < -0.39 is 0 Å². The van der Waals surface area contributed by atoms with Crippen LogP contribution in [-0.2, 0) is 6.42 Å². The van der Waals surface area contributed by atoms with Crippen LogP contribution in [-0.4, -0.2) is 31.7 Å². The van der Waals surface area contributed by atoms with E-state index >= 15 is 0 Å². The summed E-state index contributed by atoms with van der Waals surface area (Å²) < 4.78 is 1.85. The molecule has 0 bridgehead atoms. The van der Waals surface area contributed by atoms with E-state index in [9.17, 15) is 0 Å². The number of hydrogen-bond donors (Lipinski definition) is 1. The van der Waals surface area contributed by atoms with Gasteiger partial charge in [0.1, 0.15) is 12.1 Å². The number of halogens is 1. The SMILES string of the molecule is CC1Cc2c(ncn3nnc(C4CCC(CCl)CC4)c23)N1. The van der Waals surface area contributed by atoms with Crippen molar-refractivity contribution in [2.45, 2.75) is 51.0 Å². The van der Waals surface area contributed by atoms with E-state index in [4.69, 9.17) is 11.6 Å². The first-order chi connectivity index (χ1) is 10.3. The topological polar surface area (TPSA) is 55.1 Å². The average Bonchev–Trinajstić information content (AvgIpc) is 3.09. The van der Waals surface area contributed by atoms with Crippen molar-refractivity contribution in [2.24, 2.45) is 5.92 Å². The zero-order chi connectivity index (χ0) is 14.4. The molecule has 2 aromatic rings. The number of alkyl halides is 1. The van der Waals surface area contributed by atoms with Crippen LogP contribution in [0.5, 0.6) is 0 Å². The maximum atomic E-state index is 5.99. The second-order valence-corrected chi connectivity index (χ2v) is 6.77. The minimum Gasteiger partial charge on any atom is -0.367 e. The molecule has 5 nitrogen and oxygen atoms in total. The second kappa shape index (κ2) is 5.13. The first kappa shape index (κ1) is 13.3. The van der Waals surface area contributed by atoms with Gasteiger partial charge in [-0.2, -0.15) is 0 Å². The summed E-state index contributed by atoms with van der Waals surface area (Å²) in [4.78, 5) is 4.45. The fourth-order valence-corrected chi connectivity index (χ4v) is 4.06. The Morgan fingerprint density at radius 3 is 2.90 bits per heavy atom. The summed E-state index contributed by atoms with van der Waals surface area (Å²) in [6, 6.07) is 0.438. The molecule has 1 aliphatic carbocycles. The van der Waals surface area contributed by atoms with Crippen molar-refractivity contribution in [2.75, 3.05) is 11.2 Å². The van der Waals surface area contributed by atoms with Gasteiger partial charge in [-0.25, -0.2) is 9.50 Å². The van der Waals surface area contributed by atoms with Gasteiger partial charge < -0.3 is 5.32 Å². The molecule has 21 heavy (non-hydrogen) atoms. The summed E-state index contributed by atoms with van der Waals surface area (Å²) in [6.07, 6.45) is 7.53. The van der Waals surface area contributed by atoms with Crippen molar-refractivity contribution in [3.8, 4) is 0 Å². The summed E-state index contributed by atoms with van der Waals surface area (Å²) in [5, 5.41) is 12.2. The van der Waals surface area contributed by atoms with Crippen LogP contribution in [0.3, 0.4) is 0 Å². The molecule has 6 heteroatoms. The van der Waals surface area contributed by atoms with Gasteiger partial charge in [-0.3, -0.25) is 0 Å². The van der Waals surface area contributed by atoms with Gasteiger partial charge >= 0.3 is 0 Å². The van der Waals surface area contributed by atoms with Gasteiger partial charge in [0.05, 0.1) is 11.2 Å². The van der Waals surface area contributed by atoms with Gasteiger partial charge in [0.25, 0.3) is 0 Å². The van der Waals surface area contributed by atoms with E-state index in [2.05, 4.69) is 27.5 Å². The van der Waals surface area contributed by atoms with Crippen LogP contribution in [0, 0.1) is 5.92 Å². The van der Waals surface area contributed by atoms with Crippen LogP contribution < -0.4 is 5.32 Å². The Kier molecular flexibility index (Phi) is 3.25. The van der Waals surface area contributed by atoms with Crippen LogP contribution in [0.2, 0.25) is 0 Å². The smallest absolute Gasteiger partial charge is 0.133 e. The minimum absolute atomic E-state index is 0.438. The van der Waals surface area contributed by atoms with E-state index in [1.165, 1.54) is 36.8 Å². The molecule has 0 amide bonds. The average molecular weight is 306 g/mol. The standard InChI is InChI=1S/C15H20ClN5/c1-9-6-12-14-13(11-4-2-10(7-16)3-5-11)19-20-21(14)8-17-15(12)18-9/h8-11,18H,2-7H2,1H3. The van der Waals surface area contributed by atoms with Gasteiger partial charge in [0.2, 0.25) is 0 Å². The normalized spacial score (nSPS) is 28.6. The maximum Gasteiger partial charge on any atom is 0.133 e. The number of fused-ring (bicyclic) bond motifs is 3. The fourth-order valence-electron chi connectivity index (χ4n) is 3.76. The largest absolute Gasteiger partial charge is 0.367 e. The first-order valence-electron chi connectivity index (χ1n) is 7.81. The van der Waals surface area contributed by atoms with Crippen molar-refractivity contribution >= 4 is 22.9 Å². The minimum atomic E-state index is 0.438. The molecule has 0 saturated heterocycles. The van der Waals surface area contributed by atoms with E-state index in [0.717, 1.165) is 23.8 Å². The highest BCUT2D eigenvalue weighted by Crippen LogP contribution is 2.39. The Balaban J connectivity index is 1.72. The molecule has 2 aromatic heterocycles. The monoisotopic (exact) mass is 305 g/mol. The van der Waals surface area contributed by atoms with E-state index in [0.29, 0.717) is 17.9 Å². The molecule has 2 aliphatic rings. The lowest BCUT2D eigenvalue weighted by molar-refractivity contribution is 0.348. The molecule has 1 unspecified atom stereocenters. The van der Waals surface area contributed by atoms with Crippen molar-refractivity contribution < 1.29 is 0 Å². The van der Waals surface area contributed by atoms with Gasteiger partial charge in [0.15, 0.2) is 0 Å². The van der Waals surface area contributed by atoms with Crippen LogP contribution in [0.1, 0.15) is 49.8 Å². The highest BCUT2D eigenvalue weighted by molar-refractivity contribution is 6.18. The third-order valence-electron chi connectivity index (χ3n) is 4.93. The van der Waals surface area contributed by atoms with Crippen molar-refractivity contribution in [3.05, 3.63) is 17.6 Å². The van der Waals surface area contributed by atoms with Crippen molar-refractivity contribution in [3.63, 3.8) is 0 Å². The molecule has 3 heterocycles. The Labute approximate surface area is 129 Å². The third kappa shape index (κ3) is 2.18. The molecule has 112 valence electrons. The van der Waals surface area contributed by atoms with Crippen molar-refractivity contribution in [1.82, 2.24) is 19.8 Å². The quantitative estimate of drug-likeness (QED) is 0.867. The first-order valence-corrected chi connectivity index (χ1v) is 8.35. The third-order valence-corrected chi connectivity index (χ3v) is 5.37. The lowest BCUT2D eigenvalue weighted by Crippen LogP contribution is -2.15. The molecule has 0 radical (unpaired) electrons. The number of anilines is 1. The molecule has 1 aliphatic heterocycles. The second-order valence-electron chi connectivity index (χ2n) is 6.46. The number of nitrogens with zero attached hydrogens (tertiary/aromatic N) is 4. The molecule has 1 fully saturated rings. The molecule has 0 spiro atoms. The lowest BCUT2D eigenvalue weighted by atomic mass is 9.81. The van der Waals surface area contributed by atoms with Crippen LogP contribution >= 0.6 is 11.6 Å². The maximum absolute atomic E-state index is 5.99. The molecular formula is C15H20ClN5. The van der Waals surface area contributed by atoms with Crippen LogP contribution in [0.4, 0.5) is 5.82 Å². The number of aromatic nitrogens is 4. The summed E-state index contributed by atoms with van der Waals surface area (Å²) in [5.41, 5.74) is 3.63. The lowest BCUT2D eigenvalue weighted by Gasteiger charge is -2.26. The predicted molar refractivity (Wildman–Crippen MR) is 83.0 cm³/mol. The molecular weight excluding hydrogens is 286 g/mol. The molecule has 1 atom stereocenters. The van der Waals surface area contributed by atoms with Gasteiger partial charge in [-0.15, -0.1) is 16.7 Å². The summed E-state index contributed by atoms with van der Waals surface area (Å²) in [5.74, 6) is 2.99. The molecule has 1 saturated carbocycles. The summed E-state index contributed by atoms with van der Waals surface area (Å²) >= 11 is 5.99. The van der Waals surface area contributed by atoms with Crippen LogP contribution in [0.25, 0.3) is 5.52 Å². The Bertz CT molecular complexity index is 659. The zero-order valence-corrected chi connectivity index (χ0v) is 13.0. The van der Waals surface area contributed by atoms with Crippen molar-refractivity contribution in [1.29, 1.82) is 0 Å². The van der Waals surface area contributed by atoms with E-state index in [1.807, 2.05) is 4.52 Å². The fraction of sp³-hybridized carbons (Fsp3) is 0.667. The number of hydrogen-bond acceptors (Lipinski definition) is 4. The zero-order valence-electron chi connectivity index (χ0n) is 12.2. The Hall–Kier alpha value is -1.36. The predicted octanol–water partition coefficient (Wildman–Crippen LogP) is 2.99. The Morgan fingerprint density at radius 2 is 2.14 bits per heavy atom. The summed E-state index contributed by atoms with van der Waals surface area (Å²) in [7, 11) is 0. The Morgan fingerprint density at radius 1 is 1.33 bits per heavy atom. The number of nitrogens with one attached hydrogen (secondary N) is 1. The highest BCUT2D eigenvalue weighted by atomic mass is 35.5. The summed E-state index contributed by atoms with van der Waals surface area (Å²) in [6.45, 7) is 2.19. The van der Waals surface area contributed by atoms with Gasteiger partial charge in [-0.05, 0) is 44.9 Å². The molecule has 1 N–H and O–H groups in total. The highest BCUT2D eigenvalue weighted by Gasteiger charge is 2.29. The van der Waals surface area contributed by atoms with E-state index in [1.54, 1.807) is 6.33 Å². The van der Waals surface area contributed by atoms with Crippen LogP contribution in [0.15, 0.2) is 6.33 Å². The van der Waals surface area contributed by atoms with E-state index in [-0.39, 0.29) is 0 Å². The molecule has 0 aromatic carbocycles. The van der Waals surface area contributed by atoms with Gasteiger partial charge in [-0.1, -0.05) is 5.21 Å². The number of rotatable bonds is 2.